The molecule has 2 rings (SSSR count). The third kappa shape index (κ3) is 3.44. The number of carbonyl (C=O) groups excluding carboxylic acids is 1. The fourth-order valence-corrected chi connectivity index (χ4v) is 3.65. The smallest absolute Gasteiger partial charge is 0.205 e. The molecule has 0 amide bonds. The maximum atomic E-state index is 12.6. The summed E-state index contributed by atoms with van der Waals surface area (Å²) in [6.07, 6.45) is 0.559. The van der Waals surface area contributed by atoms with Crippen LogP contribution in [0.3, 0.4) is 0 Å². The standard InChI is InChI=1S/C18H28NO2Si/c1-7-19-13(12-21-22(5)6)11-16(20)14-9-8-10-15(17(14)19)18(2,3)4/h8-10,13H,7,11-12H2,1-6H3. The van der Waals surface area contributed by atoms with Gasteiger partial charge in [0, 0.05) is 18.5 Å². The minimum atomic E-state index is -0.735. The molecule has 4 heteroatoms. The number of hydrogen-bond donors (Lipinski definition) is 0. The molecule has 0 saturated heterocycles. The lowest BCUT2D eigenvalue weighted by Gasteiger charge is -2.41. The van der Waals surface area contributed by atoms with E-state index in [2.05, 4.69) is 51.8 Å². The molecule has 0 saturated carbocycles. The first-order valence-electron chi connectivity index (χ1n) is 8.12. The van der Waals surface area contributed by atoms with Crippen LogP contribution in [0.1, 0.15) is 50.0 Å². The topological polar surface area (TPSA) is 29.5 Å². The van der Waals surface area contributed by atoms with Gasteiger partial charge in [-0.1, -0.05) is 32.9 Å². The van der Waals surface area contributed by atoms with E-state index in [9.17, 15) is 4.79 Å². The summed E-state index contributed by atoms with van der Waals surface area (Å²) in [4.78, 5) is 15.0. The molecule has 0 fully saturated rings. The Labute approximate surface area is 136 Å². The number of ketones is 1. The van der Waals surface area contributed by atoms with Gasteiger partial charge in [-0.15, -0.1) is 0 Å². The number of fused-ring (bicyclic) bond motifs is 1. The van der Waals surface area contributed by atoms with E-state index in [4.69, 9.17) is 4.43 Å². The van der Waals surface area contributed by atoms with Gasteiger partial charge in [0.2, 0.25) is 9.04 Å². The zero-order chi connectivity index (χ0) is 16.5. The second-order valence-corrected chi connectivity index (χ2v) is 9.34. The summed E-state index contributed by atoms with van der Waals surface area (Å²) >= 11 is 0. The average Bonchev–Trinajstić information content (AvgIpc) is 2.43. The van der Waals surface area contributed by atoms with Gasteiger partial charge in [0.25, 0.3) is 0 Å². The van der Waals surface area contributed by atoms with Gasteiger partial charge in [0.15, 0.2) is 5.78 Å². The van der Waals surface area contributed by atoms with Crippen molar-refractivity contribution in [2.45, 2.75) is 58.7 Å². The summed E-state index contributed by atoms with van der Waals surface area (Å²) in [6, 6.07) is 6.31. The number of rotatable bonds is 4. The predicted octanol–water partition coefficient (Wildman–Crippen LogP) is 4.03. The summed E-state index contributed by atoms with van der Waals surface area (Å²) < 4.78 is 5.91. The van der Waals surface area contributed by atoms with Crippen molar-refractivity contribution in [2.24, 2.45) is 0 Å². The Bertz CT molecular complexity index is 549. The second kappa shape index (κ2) is 6.55. The maximum Gasteiger partial charge on any atom is 0.205 e. The van der Waals surface area contributed by atoms with Gasteiger partial charge in [-0.3, -0.25) is 4.79 Å². The molecule has 0 spiro atoms. The van der Waals surface area contributed by atoms with Crippen LogP contribution in [0.25, 0.3) is 0 Å². The zero-order valence-corrected chi connectivity index (χ0v) is 15.7. The third-order valence-corrected chi connectivity index (χ3v) is 4.94. The van der Waals surface area contributed by atoms with Crippen molar-refractivity contribution in [1.82, 2.24) is 0 Å². The third-order valence-electron chi connectivity index (χ3n) is 4.20. The van der Waals surface area contributed by atoms with Crippen molar-refractivity contribution in [3.05, 3.63) is 29.3 Å². The summed E-state index contributed by atoms with van der Waals surface area (Å²) in [5.74, 6) is 0.250. The molecule has 0 aromatic heterocycles. The highest BCUT2D eigenvalue weighted by molar-refractivity contribution is 6.48. The van der Waals surface area contributed by atoms with Gasteiger partial charge in [0.1, 0.15) is 0 Å². The SMILES string of the molecule is CCN1c2c(cccc2C(C)(C)C)C(=O)CC1CO[Si](C)C. The lowest BCUT2D eigenvalue weighted by molar-refractivity contribution is 0.0953. The first-order valence-corrected chi connectivity index (χ1v) is 10.5. The number of nitrogens with zero attached hydrogens (tertiary/aromatic N) is 1. The van der Waals surface area contributed by atoms with Crippen molar-refractivity contribution in [3.8, 4) is 0 Å². The quantitative estimate of drug-likeness (QED) is 0.785. The largest absolute Gasteiger partial charge is 0.415 e. The van der Waals surface area contributed by atoms with Gasteiger partial charge < -0.3 is 9.33 Å². The molecule has 1 aromatic rings. The lowest BCUT2D eigenvalue weighted by atomic mass is 9.81. The van der Waals surface area contributed by atoms with Crippen LogP contribution in [0.5, 0.6) is 0 Å². The van der Waals surface area contributed by atoms with Crippen LogP contribution in [0.2, 0.25) is 13.1 Å². The molecule has 1 aliphatic rings. The van der Waals surface area contributed by atoms with E-state index < -0.39 is 9.04 Å². The van der Waals surface area contributed by atoms with Crippen LogP contribution < -0.4 is 4.90 Å². The molecule has 1 aromatic carbocycles. The first kappa shape index (κ1) is 17.2. The molecule has 1 atom stereocenters. The van der Waals surface area contributed by atoms with E-state index in [1.54, 1.807) is 0 Å². The molecule has 0 bridgehead atoms. The van der Waals surface area contributed by atoms with E-state index in [-0.39, 0.29) is 17.2 Å². The number of likely N-dealkylation sites (N-methyl/N-ethyl adjacent to an activating group) is 1. The van der Waals surface area contributed by atoms with Crippen LogP contribution in [-0.2, 0) is 9.84 Å². The van der Waals surface area contributed by atoms with Crippen molar-refractivity contribution in [2.75, 3.05) is 18.1 Å². The molecular weight excluding hydrogens is 290 g/mol. The Balaban J connectivity index is 2.47. The first-order chi connectivity index (χ1) is 10.3. The van der Waals surface area contributed by atoms with Gasteiger partial charge in [0.05, 0.1) is 18.3 Å². The number of anilines is 1. The number of para-hydroxylation sites is 1. The zero-order valence-electron chi connectivity index (χ0n) is 14.7. The number of hydrogen-bond acceptors (Lipinski definition) is 3. The van der Waals surface area contributed by atoms with Crippen LogP contribution in [-0.4, -0.2) is 34.0 Å². The van der Waals surface area contributed by atoms with Crippen LogP contribution in [0, 0.1) is 0 Å². The summed E-state index contributed by atoms with van der Waals surface area (Å²) in [7, 11) is -0.735. The highest BCUT2D eigenvalue weighted by atomic mass is 28.3. The Morgan fingerprint density at radius 1 is 1.32 bits per heavy atom. The van der Waals surface area contributed by atoms with Crippen molar-refractivity contribution >= 4 is 20.5 Å². The Morgan fingerprint density at radius 3 is 2.55 bits per heavy atom. The molecule has 0 N–H and O–H groups in total. The molecule has 121 valence electrons. The minimum absolute atomic E-state index is 0.0201. The second-order valence-electron chi connectivity index (χ2n) is 7.24. The van der Waals surface area contributed by atoms with E-state index in [1.165, 1.54) is 5.56 Å². The van der Waals surface area contributed by atoms with Crippen molar-refractivity contribution < 1.29 is 9.22 Å². The van der Waals surface area contributed by atoms with Gasteiger partial charge >= 0.3 is 0 Å². The maximum absolute atomic E-state index is 12.6. The lowest BCUT2D eigenvalue weighted by Crippen LogP contribution is -2.46. The fraction of sp³-hybridized carbons (Fsp3) is 0.611. The molecule has 1 radical (unpaired) electrons. The van der Waals surface area contributed by atoms with Crippen LogP contribution in [0.4, 0.5) is 5.69 Å². The summed E-state index contributed by atoms with van der Waals surface area (Å²) in [6.45, 7) is 14.6. The Hall–Kier alpha value is -1.13. The average molecular weight is 319 g/mol. The number of Topliss-reactive ketones (excluding diaryl/α,β-unsaturated/α-hetero) is 1. The monoisotopic (exact) mass is 318 g/mol. The molecule has 1 heterocycles. The van der Waals surface area contributed by atoms with Crippen molar-refractivity contribution in [1.29, 1.82) is 0 Å². The van der Waals surface area contributed by atoms with Crippen molar-refractivity contribution in [3.63, 3.8) is 0 Å². The van der Waals surface area contributed by atoms with Gasteiger partial charge in [-0.25, -0.2) is 0 Å². The summed E-state index contributed by atoms with van der Waals surface area (Å²) in [5, 5.41) is 0. The molecule has 3 nitrogen and oxygen atoms in total. The van der Waals surface area contributed by atoms with Gasteiger partial charge in [-0.2, -0.15) is 0 Å². The molecule has 1 aliphatic heterocycles. The normalized spacial score (nSPS) is 18.8. The number of benzene rings is 1. The molecule has 0 aliphatic carbocycles. The fourth-order valence-electron chi connectivity index (χ4n) is 3.13. The molecule has 22 heavy (non-hydrogen) atoms. The van der Waals surface area contributed by atoms with E-state index in [0.717, 1.165) is 17.8 Å². The van der Waals surface area contributed by atoms with E-state index >= 15 is 0 Å². The molecule has 1 unspecified atom stereocenters. The highest BCUT2D eigenvalue weighted by Crippen LogP contribution is 2.39. The number of carbonyl (C=O) groups is 1. The van der Waals surface area contributed by atoms with Gasteiger partial charge in [-0.05, 0) is 37.1 Å². The van der Waals surface area contributed by atoms with Crippen LogP contribution >= 0.6 is 0 Å². The summed E-state index contributed by atoms with van der Waals surface area (Å²) in [5.41, 5.74) is 3.28. The van der Waals surface area contributed by atoms with E-state index in [1.807, 2.05) is 12.1 Å². The predicted molar refractivity (Wildman–Crippen MR) is 94.3 cm³/mol. The highest BCUT2D eigenvalue weighted by Gasteiger charge is 2.34. The Morgan fingerprint density at radius 2 is 2.00 bits per heavy atom. The minimum Gasteiger partial charge on any atom is -0.415 e. The molecular formula is C18H28NO2Si. The van der Waals surface area contributed by atoms with Crippen LogP contribution in [0.15, 0.2) is 18.2 Å². The Kier molecular flexibility index (Phi) is 5.13. The van der Waals surface area contributed by atoms with E-state index in [0.29, 0.717) is 13.0 Å².